The number of carboxylic acid groups (broad SMARTS) is 2. The monoisotopic (exact) mass is 306 g/mol. The number of fused-ring (bicyclic) bond motifs is 1. The number of para-hydroxylation sites is 1. The molecule has 22 heavy (non-hydrogen) atoms. The van der Waals surface area contributed by atoms with E-state index in [0.717, 1.165) is 5.52 Å². The van der Waals surface area contributed by atoms with Crippen molar-refractivity contribution in [3.8, 4) is 0 Å². The van der Waals surface area contributed by atoms with Gasteiger partial charge in [-0.1, -0.05) is 23.4 Å². The van der Waals surface area contributed by atoms with Gasteiger partial charge in [0, 0.05) is 29.9 Å². The van der Waals surface area contributed by atoms with Gasteiger partial charge >= 0.3 is 11.9 Å². The van der Waals surface area contributed by atoms with Crippen LogP contribution in [0, 0.1) is 4.91 Å². The number of hydrogen-bond donors (Lipinski definition) is 4. The predicted molar refractivity (Wildman–Crippen MR) is 76.4 cm³/mol. The van der Waals surface area contributed by atoms with Crippen LogP contribution in [0.5, 0.6) is 0 Å². The molecule has 1 heterocycles. The second-order valence-electron chi connectivity index (χ2n) is 5.04. The van der Waals surface area contributed by atoms with Crippen LogP contribution in [0.1, 0.15) is 12.0 Å². The van der Waals surface area contributed by atoms with E-state index in [2.05, 4.69) is 10.2 Å². The zero-order valence-electron chi connectivity index (χ0n) is 11.4. The molecule has 0 fully saturated rings. The topological polar surface area (TPSA) is 140 Å². The number of carboxylic acids is 2. The lowest BCUT2D eigenvalue weighted by atomic mass is 9.88. The van der Waals surface area contributed by atoms with Crippen LogP contribution in [0.15, 0.2) is 35.6 Å². The van der Waals surface area contributed by atoms with Gasteiger partial charge in [-0.15, -0.1) is 4.91 Å². The zero-order chi connectivity index (χ0) is 16.3. The summed E-state index contributed by atoms with van der Waals surface area (Å²) in [4.78, 5) is 35.7. The number of rotatable bonds is 7. The van der Waals surface area contributed by atoms with Gasteiger partial charge in [0.2, 0.25) is 0 Å². The van der Waals surface area contributed by atoms with E-state index < -0.39 is 30.0 Å². The van der Waals surface area contributed by atoms with Crippen LogP contribution < -0.4 is 0 Å². The number of nitrogens with zero attached hydrogens (tertiary/aromatic N) is 1. The Kier molecular flexibility index (Phi) is 4.22. The fraction of sp³-hybridized carbons (Fsp3) is 0.286. The SMILES string of the molecule is O=NC(CC(O)(Cc1c[nH]c2ccccc12)C(=O)O)C(=O)O. The van der Waals surface area contributed by atoms with Crippen molar-refractivity contribution in [1.82, 2.24) is 4.98 Å². The first-order valence-electron chi connectivity index (χ1n) is 6.43. The van der Waals surface area contributed by atoms with E-state index in [0.29, 0.717) is 10.9 Å². The normalized spacial score (nSPS) is 15.1. The molecule has 0 saturated heterocycles. The van der Waals surface area contributed by atoms with Crippen molar-refractivity contribution in [2.24, 2.45) is 5.18 Å². The predicted octanol–water partition coefficient (Wildman–Crippen LogP) is 1.14. The van der Waals surface area contributed by atoms with Crippen molar-refractivity contribution < 1.29 is 24.9 Å². The van der Waals surface area contributed by atoms with E-state index in [1.54, 1.807) is 30.5 Å². The van der Waals surface area contributed by atoms with E-state index in [1.807, 2.05) is 0 Å². The molecule has 116 valence electrons. The quantitative estimate of drug-likeness (QED) is 0.565. The number of aromatic nitrogens is 1. The Morgan fingerprint density at radius 3 is 2.55 bits per heavy atom. The second kappa shape index (κ2) is 5.94. The van der Waals surface area contributed by atoms with Crippen LogP contribution >= 0.6 is 0 Å². The highest BCUT2D eigenvalue weighted by atomic mass is 16.4. The lowest BCUT2D eigenvalue weighted by Gasteiger charge is -2.24. The van der Waals surface area contributed by atoms with Crippen LogP contribution in [-0.4, -0.2) is 43.9 Å². The molecule has 0 spiro atoms. The highest BCUT2D eigenvalue weighted by Crippen LogP contribution is 2.26. The molecule has 0 bridgehead atoms. The van der Waals surface area contributed by atoms with Crippen LogP contribution in [-0.2, 0) is 16.0 Å². The lowest BCUT2D eigenvalue weighted by molar-refractivity contribution is -0.160. The smallest absolute Gasteiger partial charge is 0.336 e. The summed E-state index contributed by atoms with van der Waals surface area (Å²) in [6, 6.07) is 5.25. The molecule has 0 aliphatic heterocycles. The molecule has 2 aromatic rings. The number of nitrogens with one attached hydrogen (secondary N) is 1. The molecule has 4 N–H and O–H groups in total. The molecule has 1 aromatic carbocycles. The summed E-state index contributed by atoms with van der Waals surface area (Å²) >= 11 is 0. The van der Waals surface area contributed by atoms with Gasteiger partial charge in [-0.3, -0.25) is 0 Å². The molecule has 0 saturated carbocycles. The molecule has 2 unspecified atom stereocenters. The maximum absolute atomic E-state index is 11.4. The van der Waals surface area contributed by atoms with Crippen molar-refractivity contribution >= 4 is 22.8 Å². The van der Waals surface area contributed by atoms with E-state index in [9.17, 15) is 24.7 Å². The van der Waals surface area contributed by atoms with Crippen LogP contribution in [0.4, 0.5) is 0 Å². The Morgan fingerprint density at radius 1 is 1.27 bits per heavy atom. The molecule has 2 rings (SSSR count). The Bertz CT molecular complexity index is 725. The number of carbonyl (C=O) groups is 2. The standard InChI is InChI=1S/C14H14N2O6/c17-12(18)11(16-22)6-14(21,13(19)20)5-8-7-15-10-4-2-1-3-9(8)10/h1-4,7,11,15,21H,5-6H2,(H,17,18)(H,19,20). The summed E-state index contributed by atoms with van der Waals surface area (Å²) in [5, 5.41) is 31.4. The zero-order valence-corrected chi connectivity index (χ0v) is 11.4. The van der Waals surface area contributed by atoms with Gasteiger partial charge in [0.15, 0.2) is 11.6 Å². The minimum absolute atomic E-state index is 0.342. The number of benzene rings is 1. The number of aliphatic carboxylic acids is 2. The molecule has 0 aliphatic rings. The third-order valence-corrected chi connectivity index (χ3v) is 3.50. The van der Waals surface area contributed by atoms with E-state index >= 15 is 0 Å². The summed E-state index contributed by atoms with van der Waals surface area (Å²) in [6.45, 7) is 0. The minimum atomic E-state index is -2.40. The van der Waals surface area contributed by atoms with Gasteiger partial charge in [0.25, 0.3) is 0 Å². The lowest BCUT2D eigenvalue weighted by Crippen LogP contribution is -2.45. The van der Waals surface area contributed by atoms with Gasteiger partial charge < -0.3 is 20.3 Å². The third-order valence-electron chi connectivity index (χ3n) is 3.50. The third kappa shape index (κ3) is 2.96. The summed E-state index contributed by atoms with van der Waals surface area (Å²) in [7, 11) is 0. The van der Waals surface area contributed by atoms with Crippen molar-refractivity contribution in [3.63, 3.8) is 0 Å². The summed E-state index contributed by atoms with van der Waals surface area (Å²) in [5.74, 6) is -3.18. The van der Waals surface area contributed by atoms with Gasteiger partial charge in [0.05, 0.1) is 0 Å². The maximum Gasteiger partial charge on any atom is 0.336 e. The van der Waals surface area contributed by atoms with E-state index in [4.69, 9.17) is 5.11 Å². The van der Waals surface area contributed by atoms with Gasteiger partial charge in [-0.05, 0) is 11.6 Å². The van der Waals surface area contributed by atoms with Crippen LogP contribution in [0.25, 0.3) is 10.9 Å². The summed E-state index contributed by atoms with van der Waals surface area (Å²) < 4.78 is 0. The fourth-order valence-corrected chi connectivity index (χ4v) is 2.32. The number of H-pyrrole nitrogens is 1. The maximum atomic E-state index is 11.4. The van der Waals surface area contributed by atoms with Crippen LogP contribution in [0.2, 0.25) is 0 Å². The number of hydrogen-bond acceptors (Lipinski definition) is 5. The molecule has 0 radical (unpaired) electrons. The summed E-state index contributed by atoms with van der Waals surface area (Å²) in [5.41, 5.74) is -1.13. The van der Waals surface area contributed by atoms with Crippen molar-refractivity contribution in [2.75, 3.05) is 0 Å². The molecule has 0 aliphatic carbocycles. The van der Waals surface area contributed by atoms with Gasteiger partial charge in [0.1, 0.15) is 0 Å². The molecule has 2 atom stereocenters. The second-order valence-corrected chi connectivity index (χ2v) is 5.04. The van der Waals surface area contributed by atoms with Crippen LogP contribution in [0.3, 0.4) is 0 Å². The molecule has 8 nitrogen and oxygen atoms in total. The number of nitroso groups, excluding NO2 is 1. The number of aliphatic hydroxyl groups is 1. The molecule has 0 amide bonds. The fourth-order valence-electron chi connectivity index (χ4n) is 2.32. The largest absolute Gasteiger partial charge is 0.480 e. The highest BCUT2D eigenvalue weighted by molar-refractivity contribution is 5.85. The Hall–Kier alpha value is -2.74. The van der Waals surface area contributed by atoms with Gasteiger partial charge in [-0.2, -0.15) is 0 Å². The van der Waals surface area contributed by atoms with Crippen molar-refractivity contribution in [1.29, 1.82) is 0 Å². The molecule has 8 heteroatoms. The first-order valence-corrected chi connectivity index (χ1v) is 6.43. The van der Waals surface area contributed by atoms with E-state index in [1.165, 1.54) is 0 Å². The number of aromatic amines is 1. The highest BCUT2D eigenvalue weighted by Gasteiger charge is 2.41. The molecular formula is C14H14N2O6. The average Bonchev–Trinajstić information content (AvgIpc) is 2.87. The Morgan fingerprint density at radius 2 is 1.95 bits per heavy atom. The average molecular weight is 306 g/mol. The van der Waals surface area contributed by atoms with Crippen molar-refractivity contribution in [3.05, 3.63) is 40.9 Å². The summed E-state index contributed by atoms with van der Waals surface area (Å²) in [6.07, 6.45) is 0.398. The Labute approximate surface area is 124 Å². The first-order chi connectivity index (χ1) is 10.4. The first kappa shape index (κ1) is 15.6. The van der Waals surface area contributed by atoms with Gasteiger partial charge in [-0.25, -0.2) is 9.59 Å². The minimum Gasteiger partial charge on any atom is -0.480 e. The molecular weight excluding hydrogens is 292 g/mol. The Balaban J connectivity index is 2.34. The molecule has 1 aromatic heterocycles. The van der Waals surface area contributed by atoms with Crippen molar-refractivity contribution in [2.45, 2.75) is 24.5 Å². The van der Waals surface area contributed by atoms with E-state index in [-0.39, 0.29) is 6.42 Å².